The summed E-state index contributed by atoms with van der Waals surface area (Å²) in [5, 5.41) is 0. The van der Waals surface area contributed by atoms with E-state index in [0.29, 0.717) is 12.6 Å². The van der Waals surface area contributed by atoms with Gasteiger partial charge in [-0.25, -0.2) is 0 Å². The second-order valence-corrected chi connectivity index (χ2v) is 3.93. The van der Waals surface area contributed by atoms with Crippen molar-refractivity contribution in [1.29, 1.82) is 0 Å². The van der Waals surface area contributed by atoms with Crippen molar-refractivity contribution in [3.63, 3.8) is 0 Å². The quantitative estimate of drug-likeness (QED) is 0.611. The van der Waals surface area contributed by atoms with Crippen LogP contribution in [0, 0.1) is 0 Å². The lowest BCUT2D eigenvalue weighted by Crippen LogP contribution is -2.48. The lowest BCUT2D eigenvalue weighted by Gasteiger charge is -2.36. The number of nitrogens with zero attached hydrogens (tertiary/aromatic N) is 1. The summed E-state index contributed by atoms with van der Waals surface area (Å²) in [6, 6.07) is 0.519. The molecular weight excluding hydrogens is 166 g/mol. The van der Waals surface area contributed by atoms with Gasteiger partial charge in [0.1, 0.15) is 6.61 Å². The molecule has 74 valence electrons. The van der Waals surface area contributed by atoms with E-state index >= 15 is 0 Å². The summed E-state index contributed by atoms with van der Waals surface area (Å²) >= 11 is 0. The zero-order chi connectivity index (χ0) is 9.10. The molecular formula is C10H17NO2. The highest BCUT2D eigenvalue weighted by atomic mass is 16.5. The monoisotopic (exact) mass is 183 g/mol. The van der Waals surface area contributed by atoms with Gasteiger partial charge in [0.25, 0.3) is 0 Å². The van der Waals surface area contributed by atoms with E-state index in [9.17, 15) is 4.79 Å². The van der Waals surface area contributed by atoms with Gasteiger partial charge in [0.15, 0.2) is 0 Å². The molecule has 0 N–H and O–H groups in total. The van der Waals surface area contributed by atoms with E-state index in [-0.39, 0.29) is 5.91 Å². The van der Waals surface area contributed by atoms with Crippen molar-refractivity contribution < 1.29 is 9.53 Å². The first-order chi connectivity index (χ1) is 6.38. The molecule has 0 aromatic heterocycles. The standard InChI is InChI=1S/C10H17NO2/c12-10-8-13-7-6-11(10)9-4-2-1-3-5-9/h9H,1-8H2. The Morgan fingerprint density at radius 1 is 1.23 bits per heavy atom. The van der Waals surface area contributed by atoms with Crippen LogP contribution in [0.4, 0.5) is 0 Å². The molecule has 1 heterocycles. The molecule has 1 aliphatic carbocycles. The minimum absolute atomic E-state index is 0.193. The van der Waals surface area contributed by atoms with Gasteiger partial charge in [-0.2, -0.15) is 0 Å². The van der Waals surface area contributed by atoms with Crippen LogP contribution in [0.15, 0.2) is 0 Å². The molecule has 2 rings (SSSR count). The SMILES string of the molecule is O=C1COCCN1C1CCCCC1. The molecule has 0 radical (unpaired) electrons. The molecule has 0 aromatic rings. The maximum absolute atomic E-state index is 11.5. The molecule has 0 bridgehead atoms. The summed E-state index contributed by atoms with van der Waals surface area (Å²) in [7, 11) is 0. The number of rotatable bonds is 1. The molecule has 1 aliphatic heterocycles. The number of amides is 1. The lowest BCUT2D eigenvalue weighted by atomic mass is 9.94. The van der Waals surface area contributed by atoms with Crippen molar-refractivity contribution in [3.05, 3.63) is 0 Å². The number of carbonyl (C=O) groups is 1. The fourth-order valence-corrected chi connectivity index (χ4v) is 2.31. The maximum Gasteiger partial charge on any atom is 0.248 e. The number of ether oxygens (including phenoxy) is 1. The topological polar surface area (TPSA) is 29.5 Å². The van der Waals surface area contributed by atoms with E-state index in [2.05, 4.69) is 0 Å². The van der Waals surface area contributed by atoms with Gasteiger partial charge >= 0.3 is 0 Å². The fraction of sp³-hybridized carbons (Fsp3) is 0.900. The number of carbonyl (C=O) groups excluding carboxylic acids is 1. The second kappa shape index (κ2) is 4.09. The average molecular weight is 183 g/mol. The minimum Gasteiger partial charge on any atom is -0.370 e. The van der Waals surface area contributed by atoms with Gasteiger partial charge in [0.05, 0.1) is 6.61 Å². The first kappa shape index (κ1) is 9.00. The molecule has 0 aromatic carbocycles. The molecule has 1 saturated heterocycles. The van der Waals surface area contributed by atoms with Crippen molar-refractivity contribution in [2.45, 2.75) is 38.1 Å². The molecule has 2 fully saturated rings. The molecule has 0 atom stereocenters. The molecule has 3 heteroatoms. The van der Waals surface area contributed by atoms with Crippen LogP contribution in [0.2, 0.25) is 0 Å². The van der Waals surface area contributed by atoms with Crippen molar-refractivity contribution in [3.8, 4) is 0 Å². The predicted molar refractivity (Wildman–Crippen MR) is 49.4 cm³/mol. The Kier molecular flexibility index (Phi) is 2.83. The fourth-order valence-electron chi connectivity index (χ4n) is 2.31. The summed E-state index contributed by atoms with van der Waals surface area (Å²) in [5.74, 6) is 0.193. The van der Waals surface area contributed by atoms with Crippen LogP contribution in [0.25, 0.3) is 0 Å². The van der Waals surface area contributed by atoms with Crippen LogP contribution < -0.4 is 0 Å². The Bertz CT molecular complexity index is 187. The number of morpholine rings is 1. The second-order valence-electron chi connectivity index (χ2n) is 3.93. The molecule has 0 spiro atoms. The molecule has 1 amide bonds. The van der Waals surface area contributed by atoms with Gasteiger partial charge in [0.2, 0.25) is 5.91 Å². The van der Waals surface area contributed by atoms with E-state index in [4.69, 9.17) is 4.74 Å². The van der Waals surface area contributed by atoms with Crippen molar-refractivity contribution in [2.75, 3.05) is 19.8 Å². The van der Waals surface area contributed by atoms with Crippen molar-refractivity contribution in [2.24, 2.45) is 0 Å². The summed E-state index contributed by atoms with van der Waals surface area (Å²) in [6.07, 6.45) is 6.32. The molecule has 1 saturated carbocycles. The van der Waals surface area contributed by atoms with E-state index in [1.165, 1.54) is 32.1 Å². The predicted octanol–water partition coefficient (Wildman–Crippen LogP) is 1.18. The highest BCUT2D eigenvalue weighted by molar-refractivity contribution is 5.78. The smallest absolute Gasteiger partial charge is 0.248 e. The average Bonchev–Trinajstić information content (AvgIpc) is 2.20. The van der Waals surface area contributed by atoms with Crippen LogP contribution in [0.1, 0.15) is 32.1 Å². The molecule has 3 nitrogen and oxygen atoms in total. The van der Waals surface area contributed by atoms with Crippen LogP contribution >= 0.6 is 0 Å². The minimum atomic E-state index is 0.193. The Hall–Kier alpha value is -0.570. The van der Waals surface area contributed by atoms with Gasteiger partial charge in [0, 0.05) is 12.6 Å². The van der Waals surface area contributed by atoms with E-state index in [1.54, 1.807) is 0 Å². The van der Waals surface area contributed by atoms with Gasteiger partial charge in [-0.05, 0) is 12.8 Å². The Morgan fingerprint density at radius 2 is 2.00 bits per heavy atom. The number of hydrogen-bond acceptors (Lipinski definition) is 2. The normalized spacial score (nSPS) is 26.5. The third-order valence-electron chi connectivity index (χ3n) is 3.04. The van der Waals surface area contributed by atoms with E-state index in [1.807, 2.05) is 4.90 Å². The maximum atomic E-state index is 11.5. The Labute approximate surface area is 79.0 Å². The summed E-state index contributed by atoms with van der Waals surface area (Å²) in [4.78, 5) is 13.5. The van der Waals surface area contributed by atoms with Crippen LogP contribution in [0.5, 0.6) is 0 Å². The molecule has 0 unspecified atom stereocenters. The van der Waals surface area contributed by atoms with E-state index < -0.39 is 0 Å². The third-order valence-corrected chi connectivity index (χ3v) is 3.04. The molecule has 2 aliphatic rings. The van der Waals surface area contributed by atoms with Crippen molar-refractivity contribution >= 4 is 5.91 Å². The summed E-state index contributed by atoms with van der Waals surface area (Å²) < 4.78 is 5.11. The van der Waals surface area contributed by atoms with E-state index in [0.717, 1.165) is 13.2 Å². The summed E-state index contributed by atoms with van der Waals surface area (Å²) in [5.41, 5.74) is 0. The summed E-state index contributed by atoms with van der Waals surface area (Å²) in [6.45, 7) is 1.84. The lowest BCUT2D eigenvalue weighted by molar-refractivity contribution is -0.146. The first-order valence-corrected chi connectivity index (χ1v) is 5.25. The Balaban J connectivity index is 1.92. The highest BCUT2D eigenvalue weighted by Crippen LogP contribution is 2.23. The van der Waals surface area contributed by atoms with Gasteiger partial charge in [-0.1, -0.05) is 19.3 Å². The largest absolute Gasteiger partial charge is 0.370 e. The zero-order valence-electron chi connectivity index (χ0n) is 8.00. The highest BCUT2D eigenvalue weighted by Gasteiger charge is 2.27. The van der Waals surface area contributed by atoms with Crippen LogP contribution in [0.3, 0.4) is 0 Å². The molecule has 13 heavy (non-hydrogen) atoms. The number of hydrogen-bond donors (Lipinski definition) is 0. The first-order valence-electron chi connectivity index (χ1n) is 5.25. The van der Waals surface area contributed by atoms with Crippen LogP contribution in [-0.2, 0) is 9.53 Å². The van der Waals surface area contributed by atoms with Gasteiger partial charge < -0.3 is 9.64 Å². The van der Waals surface area contributed by atoms with Crippen molar-refractivity contribution in [1.82, 2.24) is 4.90 Å². The van der Waals surface area contributed by atoms with Crippen LogP contribution in [-0.4, -0.2) is 36.6 Å². The van der Waals surface area contributed by atoms with Gasteiger partial charge in [-0.15, -0.1) is 0 Å². The van der Waals surface area contributed by atoms with Gasteiger partial charge in [-0.3, -0.25) is 4.79 Å². The third kappa shape index (κ3) is 2.02. The zero-order valence-corrected chi connectivity index (χ0v) is 8.00. The Morgan fingerprint density at radius 3 is 2.69 bits per heavy atom.